The Kier molecular flexibility index (Phi) is 2.67. The maximum absolute atomic E-state index is 13.2. The average Bonchev–Trinajstić information content (AvgIpc) is 3.20. The summed E-state index contributed by atoms with van der Waals surface area (Å²) >= 11 is 0. The Bertz CT molecular complexity index is 813. The first kappa shape index (κ1) is 14.3. The largest absolute Gasteiger partial charge is 0.472 e. The number of hydrogen-bond acceptors (Lipinski definition) is 4. The number of carbonyl (C=O) groups excluding carboxylic acids is 2. The van der Waals surface area contributed by atoms with Gasteiger partial charge >= 0.3 is 5.97 Å². The summed E-state index contributed by atoms with van der Waals surface area (Å²) < 4.78 is 11.0. The zero-order chi connectivity index (χ0) is 16.6. The Morgan fingerprint density at radius 2 is 2.12 bits per heavy atom. The highest BCUT2D eigenvalue weighted by molar-refractivity contribution is 6.09. The van der Waals surface area contributed by atoms with Gasteiger partial charge in [-0.2, -0.15) is 0 Å². The lowest BCUT2D eigenvalue weighted by Gasteiger charge is -2.41. The van der Waals surface area contributed by atoms with Crippen molar-refractivity contribution in [1.82, 2.24) is 0 Å². The summed E-state index contributed by atoms with van der Waals surface area (Å²) in [5, 5.41) is 0. The fourth-order valence-corrected chi connectivity index (χ4v) is 5.78. The molecule has 1 aliphatic heterocycles. The molecule has 5 atom stereocenters. The molecule has 4 nitrogen and oxygen atoms in total. The molecule has 3 aliphatic carbocycles. The zero-order valence-corrected chi connectivity index (χ0v) is 13.9. The second-order valence-electron chi connectivity index (χ2n) is 7.67. The average molecular weight is 324 g/mol. The van der Waals surface area contributed by atoms with Crippen molar-refractivity contribution in [1.29, 1.82) is 0 Å². The Balaban J connectivity index is 1.75. The monoisotopic (exact) mass is 324 g/mol. The number of furan rings is 1. The van der Waals surface area contributed by atoms with Gasteiger partial charge < -0.3 is 9.15 Å². The van der Waals surface area contributed by atoms with E-state index in [1.165, 1.54) is 5.57 Å². The highest BCUT2D eigenvalue weighted by Gasteiger charge is 2.67. The lowest BCUT2D eigenvalue weighted by molar-refractivity contribution is -0.148. The van der Waals surface area contributed by atoms with Crippen molar-refractivity contribution < 1.29 is 18.7 Å². The predicted molar refractivity (Wildman–Crippen MR) is 86.1 cm³/mol. The Morgan fingerprint density at radius 1 is 1.29 bits per heavy atom. The molecule has 1 aromatic rings. The molecule has 0 amide bonds. The highest BCUT2D eigenvalue weighted by Crippen LogP contribution is 2.64. The van der Waals surface area contributed by atoms with Crippen molar-refractivity contribution in [2.45, 2.75) is 45.1 Å². The van der Waals surface area contributed by atoms with E-state index in [1.54, 1.807) is 12.5 Å². The first-order valence-electron chi connectivity index (χ1n) is 8.73. The molecule has 0 spiro atoms. The molecule has 0 saturated carbocycles. The van der Waals surface area contributed by atoms with E-state index >= 15 is 0 Å². The molecule has 0 N–H and O–H groups in total. The summed E-state index contributed by atoms with van der Waals surface area (Å²) in [6.45, 7) is 4.06. The molecule has 1 aromatic heterocycles. The Labute approximate surface area is 140 Å². The fourth-order valence-electron chi connectivity index (χ4n) is 5.78. The summed E-state index contributed by atoms with van der Waals surface area (Å²) in [7, 11) is 0. The number of carbonyl (C=O) groups is 2. The van der Waals surface area contributed by atoms with Gasteiger partial charge in [-0.15, -0.1) is 0 Å². The molecule has 5 rings (SSSR count). The van der Waals surface area contributed by atoms with Crippen molar-refractivity contribution in [2.75, 3.05) is 0 Å². The van der Waals surface area contributed by atoms with Crippen LogP contribution < -0.4 is 0 Å². The molecule has 24 heavy (non-hydrogen) atoms. The second kappa shape index (κ2) is 4.50. The molecule has 1 fully saturated rings. The van der Waals surface area contributed by atoms with Crippen LogP contribution in [0.4, 0.5) is 0 Å². The fraction of sp³-hybridized carbons (Fsp3) is 0.500. The van der Waals surface area contributed by atoms with Crippen LogP contribution in [-0.4, -0.2) is 17.9 Å². The number of ether oxygens (including phenoxy) is 1. The van der Waals surface area contributed by atoms with Gasteiger partial charge in [-0.1, -0.05) is 24.1 Å². The molecular weight excluding hydrogens is 304 g/mol. The van der Waals surface area contributed by atoms with Crippen LogP contribution in [0.3, 0.4) is 0 Å². The maximum atomic E-state index is 13.2. The van der Waals surface area contributed by atoms with Crippen LogP contribution in [0, 0.1) is 17.3 Å². The molecule has 4 aliphatic rings. The number of esters is 1. The van der Waals surface area contributed by atoms with E-state index in [9.17, 15) is 9.59 Å². The van der Waals surface area contributed by atoms with Gasteiger partial charge in [0.1, 0.15) is 11.5 Å². The normalized spacial score (nSPS) is 40.3. The summed E-state index contributed by atoms with van der Waals surface area (Å²) in [6, 6.07) is 1.94. The third kappa shape index (κ3) is 1.45. The molecule has 0 aromatic carbocycles. The maximum Gasteiger partial charge on any atom is 0.317 e. The van der Waals surface area contributed by atoms with Crippen LogP contribution in [0.1, 0.15) is 44.6 Å². The molecule has 124 valence electrons. The van der Waals surface area contributed by atoms with Crippen molar-refractivity contribution in [3.8, 4) is 0 Å². The van der Waals surface area contributed by atoms with Crippen LogP contribution in [0.2, 0.25) is 0 Å². The number of rotatable bonds is 1. The third-order valence-corrected chi connectivity index (χ3v) is 6.65. The van der Waals surface area contributed by atoms with E-state index in [0.29, 0.717) is 12.8 Å². The van der Waals surface area contributed by atoms with Gasteiger partial charge in [0.2, 0.25) is 0 Å². The summed E-state index contributed by atoms with van der Waals surface area (Å²) in [6.07, 6.45) is 7.66. The quantitative estimate of drug-likeness (QED) is 0.585. The lowest BCUT2D eigenvalue weighted by Crippen LogP contribution is -2.44. The van der Waals surface area contributed by atoms with Crippen LogP contribution >= 0.6 is 0 Å². The van der Waals surface area contributed by atoms with Gasteiger partial charge in [0.05, 0.1) is 12.5 Å². The van der Waals surface area contributed by atoms with Crippen LogP contribution in [0.15, 0.2) is 45.8 Å². The SMILES string of the molecule is CC1=CCC[C@]23C(=O)OC(CC4=C2C(=O)[C@@H](C)[C@@H]4c2ccoc2)[C@@H]13. The molecule has 2 bridgehead atoms. The van der Waals surface area contributed by atoms with Gasteiger partial charge in [-0.05, 0) is 31.4 Å². The molecule has 4 heteroatoms. The van der Waals surface area contributed by atoms with Crippen LogP contribution in [0.5, 0.6) is 0 Å². The molecule has 1 saturated heterocycles. The highest BCUT2D eigenvalue weighted by atomic mass is 16.6. The van der Waals surface area contributed by atoms with Crippen LogP contribution in [0.25, 0.3) is 0 Å². The van der Waals surface area contributed by atoms with Crippen molar-refractivity contribution in [3.05, 3.63) is 47.0 Å². The molecular formula is C20H20O4. The molecule has 0 radical (unpaired) electrons. The smallest absolute Gasteiger partial charge is 0.317 e. The standard InChI is InChI=1S/C20H20O4/c1-10-4-3-6-20-16(10)14(24-19(20)22)8-13-15(12-5-7-23-9-12)11(2)18(21)17(13)20/h4-5,7,9,11,14-16H,3,6,8H2,1-2H3/t11-,14?,15+,16+,20+/m0/s1. The van der Waals surface area contributed by atoms with Gasteiger partial charge in [-0.25, -0.2) is 0 Å². The van der Waals surface area contributed by atoms with E-state index in [0.717, 1.165) is 23.1 Å². The summed E-state index contributed by atoms with van der Waals surface area (Å²) in [4.78, 5) is 26.1. The third-order valence-electron chi connectivity index (χ3n) is 6.65. The second-order valence-corrected chi connectivity index (χ2v) is 7.67. The first-order chi connectivity index (χ1) is 11.6. The summed E-state index contributed by atoms with van der Waals surface area (Å²) in [5.74, 6) is -0.124. The van der Waals surface area contributed by atoms with Crippen LogP contribution in [-0.2, 0) is 14.3 Å². The minimum Gasteiger partial charge on any atom is -0.472 e. The summed E-state index contributed by atoms with van der Waals surface area (Å²) in [5.41, 5.74) is 3.40. The minimum atomic E-state index is -0.735. The Morgan fingerprint density at radius 3 is 2.88 bits per heavy atom. The number of ketones is 1. The number of hydrogen-bond donors (Lipinski definition) is 0. The Hall–Kier alpha value is -2.10. The van der Waals surface area contributed by atoms with E-state index in [4.69, 9.17) is 9.15 Å². The first-order valence-corrected chi connectivity index (χ1v) is 8.73. The number of Topliss-reactive ketones (excluding diaryl/α,β-unsaturated/α-hetero) is 1. The van der Waals surface area contributed by atoms with Gasteiger partial charge in [0.25, 0.3) is 0 Å². The van der Waals surface area contributed by atoms with Gasteiger partial charge in [0, 0.05) is 29.7 Å². The predicted octanol–water partition coefficient (Wildman–Crippen LogP) is 3.55. The molecule has 1 unspecified atom stereocenters. The van der Waals surface area contributed by atoms with E-state index < -0.39 is 5.41 Å². The number of allylic oxidation sites excluding steroid dienone is 1. The van der Waals surface area contributed by atoms with Crippen molar-refractivity contribution in [3.63, 3.8) is 0 Å². The zero-order valence-electron chi connectivity index (χ0n) is 13.9. The van der Waals surface area contributed by atoms with Gasteiger partial charge in [-0.3, -0.25) is 9.59 Å². The minimum absolute atomic E-state index is 0.0206. The molecule has 2 heterocycles. The van der Waals surface area contributed by atoms with Crippen molar-refractivity contribution >= 4 is 11.8 Å². The topological polar surface area (TPSA) is 56.5 Å². The lowest BCUT2D eigenvalue weighted by atomic mass is 9.57. The van der Waals surface area contributed by atoms with E-state index in [2.05, 4.69) is 13.0 Å². The van der Waals surface area contributed by atoms with Gasteiger partial charge in [0.15, 0.2) is 5.78 Å². The van der Waals surface area contributed by atoms with Crippen molar-refractivity contribution in [2.24, 2.45) is 17.3 Å². The van der Waals surface area contributed by atoms with E-state index in [1.807, 2.05) is 13.0 Å². The van der Waals surface area contributed by atoms with E-state index in [-0.39, 0.29) is 35.6 Å².